The molecule has 5 heteroatoms. The number of fused-ring (bicyclic) bond motifs is 1. The molecule has 0 spiro atoms. The van der Waals surface area contributed by atoms with E-state index in [1.165, 1.54) is 5.56 Å². The lowest BCUT2D eigenvalue weighted by molar-refractivity contribution is 0.710. The fourth-order valence-corrected chi connectivity index (χ4v) is 2.21. The molecule has 2 heterocycles. The standard InChI is InChI=1S/C14H15N5/c1-2-18-10-17-13(15)12-14(18)19(9-16-12)8-11-6-4-3-5-7-11/h3-7,9-10,15H,2,8H2,1H3. The maximum Gasteiger partial charge on any atom is 0.176 e. The Balaban J connectivity index is 2.14. The molecule has 1 N–H and O–H groups in total. The van der Waals surface area contributed by atoms with E-state index in [-0.39, 0.29) is 5.49 Å². The van der Waals surface area contributed by atoms with Crippen LogP contribution in [0.1, 0.15) is 12.5 Å². The van der Waals surface area contributed by atoms with Crippen molar-refractivity contribution in [2.45, 2.75) is 20.0 Å². The molecule has 0 saturated carbocycles. The van der Waals surface area contributed by atoms with Crippen LogP contribution in [0.25, 0.3) is 11.2 Å². The Labute approximate surface area is 110 Å². The monoisotopic (exact) mass is 253 g/mol. The number of hydrogen-bond acceptors (Lipinski definition) is 3. The van der Waals surface area contributed by atoms with Crippen LogP contribution in [0.3, 0.4) is 0 Å². The van der Waals surface area contributed by atoms with E-state index in [0.29, 0.717) is 5.52 Å². The van der Waals surface area contributed by atoms with Crippen molar-refractivity contribution < 1.29 is 0 Å². The second kappa shape index (κ2) is 4.68. The lowest BCUT2D eigenvalue weighted by Crippen LogP contribution is -2.14. The van der Waals surface area contributed by atoms with Crippen molar-refractivity contribution in [1.29, 1.82) is 5.41 Å². The normalized spacial score (nSPS) is 11.0. The van der Waals surface area contributed by atoms with E-state index in [1.54, 1.807) is 12.7 Å². The van der Waals surface area contributed by atoms with Gasteiger partial charge in [-0.2, -0.15) is 0 Å². The highest BCUT2D eigenvalue weighted by Crippen LogP contribution is 2.11. The van der Waals surface area contributed by atoms with Gasteiger partial charge >= 0.3 is 0 Å². The van der Waals surface area contributed by atoms with Crippen LogP contribution >= 0.6 is 0 Å². The number of rotatable bonds is 3. The summed E-state index contributed by atoms with van der Waals surface area (Å²) in [7, 11) is 0. The molecule has 19 heavy (non-hydrogen) atoms. The molecule has 2 aromatic heterocycles. The molecule has 0 amide bonds. The first kappa shape index (κ1) is 11.6. The third-order valence-corrected chi connectivity index (χ3v) is 3.17. The third kappa shape index (κ3) is 2.03. The van der Waals surface area contributed by atoms with Gasteiger partial charge in [0.1, 0.15) is 11.2 Å². The van der Waals surface area contributed by atoms with Gasteiger partial charge in [0, 0.05) is 6.54 Å². The number of benzene rings is 1. The largest absolute Gasteiger partial charge is 0.317 e. The first-order valence-corrected chi connectivity index (χ1v) is 6.28. The summed E-state index contributed by atoms with van der Waals surface area (Å²) in [4.78, 5) is 8.37. The molecule has 96 valence electrons. The van der Waals surface area contributed by atoms with E-state index in [0.717, 1.165) is 18.7 Å². The van der Waals surface area contributed by atoms with Gasteiger partial charge in [0.15, 0.2) is 5.49 Å². The van der Waals surface area contributed by atoms with E-state index in [1.807, 2.05) is 22.8 Å². The van der Waals surface area contributed by atoms with Gasteiger partial charge in [-0.05, 0) is 12.5 Å². The zero-order valence-corrected chi connectivity index (χ0v) is 10.7. The lowest BCUT2D eigenvalue weighted by atomic mass is 10.2. The molecule has 0 unspecified atom stereocenters. The predicted octanol–water partition coefficient (Wildman–Crippen LogP) is 1.78. The number of nitrogens with one attached hydrogen (secondary N) is 1. The molecule has 0 bridgehead atoms. The minimum atomic E-state index is 0.228. The van der Waals surface area contributed by atoms with E-state index in [2.05, 4.69) is 33.6 Å². The molecule has 0 radical (unpaired) electrons. The summed E-state index contributed by atoms with van der Waals surface area (Å²) >= 11 is 0. The molecule has 0 aliphatic rings. The van der Waals surface area contributed by atoms with Crippen molar-refractivity contribution >= 4 is 11.2 Å². The van der Waals surface area contributed by atoms with Crippen molar-refractivity contribution in [3.05, 3.63) is 54.0 Å². The minimum absolute atomic E-state index is 0.228. The van der Waals surface area contributed by atoms with Gasteiger partial charge in [-0.3, -0.25) is 5.41 Å². The number of aromatic nitrogens is 4. The summed E-state index contributed by atoms with van der Waals surface area (Å²) in [5.74, 6) is 0. The van der Waals surface area contributed by atoms with Gasteiger partial charge in [0.25, 0.3) is 0 Å². The number of imidazole rings is 1. The van der Waals surface area contributed by atoms with Crippen LogP contribution in [-0.2, 0) is 13.1 Å². The summed E-state index contributed by atoms with van der Waals surface area (Å²) < 4.78 is 4.08. The van der Waals surface area contributed by atoms with Crippen LogP contribution in [0.4, 0.5) is 0 Å². The zero-order chi connectivity index (χ0) is 13.2. The first-order valence-electron chi connectivity index (χ1n) is 6.28. The molecular weight excluding hydrogens is 238 g/mol. The Morgan fingerprint density at radius 3 is 2.53 bits per heavy atom. The highest BCUT2D eigenvalue weighted by atomic mass is 15.2. The van der Waals surface area contributed by atoms with Gasteiger partial charge in [-0.1, -0.05) is 30.3 Å². The van der Waals surface area contributed by atoms with Crippen LogP contribution in [0.15, 0.2) is 43.0 Å². The predicted molar refractivity (Wildman–Crippen MR) is 72.6 cm³/mol. The molecule has 0 fully saturated rings. The van der Waals surface area contributed by atoms with E-state index < -0.39 is 0 Å². The Kier molecular flexibility index (Phi) is 2.87. The van der Waals surface area contributed by atoms with Crippen molar-refractivity contribution in [1.82, 2.24) is 19.1 Å². The average Bonchev–Trinajstić information content (AvgIpc) is 2.86. The second-order valence-electron chi connectivity index (χ2n) is 4.41. The van der Waals surface area contributed by atoms with Crippen molar-refractivity contribution in [3.8, 4) is 0 Å². The van der Waals surface area contributed by atoms with Crippen LogP contribution in [0, 0.1) is 5.41 Å². The van der Waals surface area contributed by atoms with Crippen molar-refractivity contribution in [2.24, 2.45) is 0 Å². The Morgan fingerprint density at radius 2 is 1.79 bits per heavy atom. The quantitative estimate of drug-likeness (QED) is 0.773. The maximum absolute atomic E-state index is 7.83. The highest BCUT2D eigenvalue weighted by Gasteiger charge is 2.08. The third-order valence-electron chi connectivity index (χ3n) is 3.17. The lowest BCUT2D eigenvalue weighted by Gasteiger charge is -2.09. The summed E-state index contributed by atoms with van der Waals surface area (Å²) in [5, 5.41) is 7.83. The minimum Gasteiger partial charge on any atom is -0.317 e. The molecule has 0 atom stereocenters. The topological polar surface area (TPSA) is 59.5 Å². The molecular formula is C14H15N5. The average molecular weight is 253 g/mol. The van der Waals surface area contributed by atoms with Gasteiger partial charge in [-0.25, -0.2) is 9.97 Å². The van der Waals surface area contributed by atoms with Gasteiger partial charge in [-0.15, -0.1) is 0 Å². The van der Waals surface area contributed by atoms with Crippen molar-refractivity contribution in [2.75, 3.05) is 0 Å². The van der Waals surface area contributed by atoms with Gasteiger partial charge in [0.2, 0.25) is 0 Å². The molecule has 0 aliphatic carbocycles. The van der Waals surface area contributed by atoms with Crippen LogP contribution in [-0.4, -0.2) is 19.1 Å². The second-order valence-corrected chi connectivity index (χ2v) is 4.41. The summed E-state index contributed by atoms with van der Waals surface area (Å²) in [6.07, 6.45) is 3.48. The number of nitrogens with zero attached hydrogens (tertiary/aromatic N) is 4. The van der Waals surface area contributed by atoms with Crippen molar-refractivity contribution in [3.63, 3.8) is 0 Å². The Hall–Kier alpha value is -2.43. The van der Waals surface area contributed by atoms with E-state index in [4.69, 9.17) is 5.41 Å². The van der Waals surface area contributed by atoms with Crippen LogP contribution in [0.5, 0.6) is 0 Å². The smallest absolute Gasteiger partial charge is 0.176 e. The zero-order valence-electron chi connectivity index (χ0n) is 10.7. The fourth-order valence-electron chi connectivity index (χ4n) is 2.21. The maximum atomic E-state index is 7.83. The highest BCUT2D eigenvalue weighted by molar-refractivity contribution is 5.69. The SMILES string of the molecule is CCn1cnc(=N)c2ncn(Cc3ccccc3)c21. The molecule has 3 rings (SSSR count). The number of aryl methyl sites for hydroxylation is 1. The molecule has 1 aromatic carbocycles. The molecule has 3 aromatic rings. The Morgan fingerprint density at radius 1 is 1.05 bits per heavy atom. The first-order chi connectivity index (χ1) is 9.29. The van der Waals surface area contributed by atoms with Gasteiger partial charge < -0.3 is 9.13 Å². The van der Waals surface area contributed by atoms with E-state index >= 15 is 0 Å². The summed E-state index contributed by atoms with van der Waals surface area (Å²) in [6, 6.07) is 10.2. The molecule has 0 saturated heterocycles. The van der Waals surface area contributed by atoms with Crippen LogP contribution in [0.2, 0.25) is 0 Å². The van der Waals surface area contributed by atoms with E-state index in [9.17, 15) is 0 Å². The summed E-state index contributed by atoms with van der Waals surface area (Å²) in [6.45, 7) is 3.62. The number of hydrogen-bond donors (Lipinski definition) is 1. The molecule has 0 aliphatic heterocycles. The fraction of sp³-hybridized carbons (Fsp3) is 0.214. The molecule has 5 nitrogen and oxygen atoms in total. The van der Waals surface area contributed by atoms with Gasteiger partial charge in [0.05, 0.1) is 19.2 Å². The summed E-state index contributed by atoms with van der Waals surface area (Å²) in [5.41, 5.74) is 3.05. The van der Waals surface area contributed by atoms with Crippen LogP contribution < -0.4 is 5.49 Å². The Bertz CT molecular complexity index is 754.